The topological polar surface area (TPSA) is 92.6 Å². The molecule has 8 heteroatoms. The number of rotatable bonds is 7. The molecule has 0 unspecified atom stereocenters. The number of carbonyl (C=O) groups excluding carboxylic acids is 1. The maximum absolute atomic E-state index is 11.8. The largest absolute Gasteiger partial charge is 0.512 e. The van der Waals surface area contributed by atoms with E-state index in [1.807, 2.05) is 0 Å². The molecule has 0 atom stereocenters. The van der Waals surface area contributed by atoms with E-state index in [0.29, 0.717) is 13.2 Å². The van der Waals surface area contributed by atoms with Gasteiger partial charge in [0.2, 0.25) is 0 Å². The minimum atomic E-state index is -3.85. The number of nitrogens with zero attached hydrogens (tertiary/aromatic N) is 1. The number of allylic oxidation sites excluding steroid dienone is 1. The molecule has 0 spiro atoms. The van der Waals surface area contributed by atoms with Crippen LogP contribution in [0.3, 0.4) is 0 Å². The molecule has 114 valence electrons. The van der Waals surface area contributed by atoms with Gasteiger partial charge in [0, 0.05) is 26.5 Å². The molecule has 0 aromatic carbocycles. The maximum atomic E-state index is 11.8. The van der Waals surface area contributed by atoms with Crippen LogP contribution in [-0.4, -0.2) is 39.6 Å². The molecule has 0 aliphatic rings. The monoisotopic (exact) mass is 312 g/mol. The van der Waals surface area contributed by atoms with Gasteiger partial charge in [0.25, 0.3) is 5.91 Å². The Morgan fingerprint density at radius 1 is 1.57 bits per heavy atom. The molecular formula is C13H18N3O4S+. The average Bonchev–Trinajstić information content (AvgIpc) is 2.95. The van der Waals surface area contributed by atoms with E-state index in [1.165, 1.54) is 12.3 Å². The van der Waals surface area contributed by atoms with Crippen molar-refractivity contribution in [3.63, 3.8) is 0 Å². The van der Waals surface area contributed by atoms with Crippen LogP contribution < -0.4 is 5.32 Å². The van der Waals surface area contributed by atoms with Crippen LogP contribution in [-0.2, 0) is 14.8 Å². The number of aromatic nitrogens is 1. The van der Waals surface area contributed by atoms with Gasteiger partial charge in [-0.3, -0.25) is 4.79 Å². The molecule has 1 aromatic heterocycles. The highest BCUT2D eigenvalue weighted by Crippen LogP contribution is 2.13. The molecule has 0 fully saturated rings. The fraction of sp³-hybridized carbons (Fsp3) is 0.385. The molecule has 21 heavy (non-hydrogen) atoms. The zero-order valence-electron chi connectivity index (χ0n) is 11.8. The van der Waals surface area contributed by atoms with E-state index in [-0.39, 0.29) is 16.5 Å². The first-order valence-corrected chi connectivity index (χ1v) is 7.74. The van der Waals surface area contributed by atoms with Gasteiger partial charge in [-0.05, 0) is 18.9 Å². The Morgan fingerprint density at radius 2 is 2.33 bits per heavy atom. The smallest absolute Gasteiger partial charge is 0.385 e. The lowest BCUT2D eigenvalue weighted by molar-refractivity contribution is 0.0947. The van der Waals surface area contributed by atoms with Gasteiger partial charge in [-0.15, -0.1) is 8.42 Å². The first-order chi connectivity index (χ1) is 10.0. The quantitative estimate of drug-likeness (QED) is 0.587. The number of aromatic amines is 1. The number of amides is 1. The lowest BCUT2D eigenvalue weighted by atomic mass is 10.3. The molecule has 0 saturated heterocycles. The summed E-state index contributed by atoms with van der Waals surface area (Å²) in [5.74, 6) is -0.370. The molecule has 0 bridgehead atoms. The fourth-order valence-electron chi connectivity index (χ4n) is 1.48. The molecule has 1 aromatic rings. The van der Waals surface area contributed by atoms with Crippen LogP contribution in [0.4, 0.5) is 0 Å². The molecule has 0 saturated carbocycles. The summed E-state index contributed by atoms with van der Waals surface area (Å²) >= 11 is 0. The molecule has 2 N–H and O–H groups in total. The van der Waals surface area contributed by atoms with E-state index >= 15 is 0 Å². The summed E-state index contributed by atoms with van der Waals surface area (Å²) in [6.07, 6.45) is 3.97. The second-order valence-corrected chi connectivity index (χ2v) is 5.71. The molecule has 1 heterocycles. The number of unbranched alkanes of at least 4 members (excludes halogenated alkanes) is 1. The van der Waals surface area contributed by atoms with Gasteiger partial charge in [-0.1, -0.05) is 6.58 Å². The van der Waals surface area contributed by atoms with Gasteiger partial charge in [0.1, 0.15) is 5.69 Å². The normalized spacial score (nSPS) is 10.5. The summed E-state index contributed by atoms with van der Waals surface area (Å²) in [4.78, 5) is 14.3. The van der Waals surface area contributed by atoms with Crippen molar-refractivity contribution in [2.75, 3.05) is 20.3 Å². The van der Waals surface area contributed by atoms with Crippen LogP contribution in [0.2, 0.25) is 0 Å². The average molecular weight is 312 g/mol. The first kappa shape index (κ1) is 16.9. The third-order valence-corrected chi connectivity index (χ3v) is 3.70. The number of carbonyl (C=O) groups is 1. The predicted octanol–water partition coefficient (Wildman–Crippen LogP) is 1.38. The van der Waals surface area contributed by atoms with Crippen molar-refractivity contribution in [3.05, 3.63) is 34.9 Å². The van der Waals surface area contributed by atoms with Gasteiger partial charge in [0.15, 0.2) is 4.90 Å². The Bertz CT molecular complexity index is 652. The Balaban J connectivity index is 2.62. The number of ether oxygens (including phenoxy) is 1. The molecule has 0 aliphatic heterocycles. The lowest BCUT2D eigenvalue weighted by Gasteiger charge is -2.02. The van der Waals surface area contributed by atoms with E-state index in [4.69, 9.17) is 4.74 Å². The van der Waals surface area contributed by atoms with E-state index in [1.54, 1.807) is 7.11 Å². The van der Waals surface area contributed by atoms with Crippen LogP contribution in [0.5, 0.6) is 0 Å². The van der Waals surface area contributed by atoms with E-state index < -0.39 is 10.0 Å². The number of nitrogens with one attached hydrogen (secondary N) is 2. The molecule has 7 nitrogen and oxygen atoms in total. The Kier molecular flexibility index (Phi) is 6.65. The second kappa shape index (κ2) is 8.24. The summed E-state index contributed by atoms with van der Waals surface area (Å²) in [6, 6.07) is 3.38. The maximum Gasteiger partial charge on any atom is 0.512 e. The number of methoxy groups -OCH3 is 1. The third kappa shape index (κ3) is 5.41. The van der Waals surface area contributed by atoms with Gasteiger partial charge in [-0.2, -0.15) is 0 Å². The van der Waals surface area contributed by atoms with Crippen LogP contribution in [0, 0.1) is 6.07 Å². The molecule has 0 aliphatic carbocycles. The second-order valence-electron chi connectivity index (χ2n) is 4.10. The zero-order valence-corrected chi connectivity index (χ0v) is 12.6. The summed E-state index contributed by atoms with van der Waals surface area (Å²) in [5.41, 5.74) is 0.161. The van der Waals surface area contributed by atoms with E-state index in [0.717, 1.165) is 18.9 Å². The van der Waals surface area contributed by atoms with Crippen molar-refractivity contribution < 1.29 is 17.9 Å². The van der Waals surface area contributed by atoms with Crippen molar-refractivity contribution in [1.29, 1.82) is 0 Å². The molecule has 0 radical (unpaired) electrons. The minimum absolute atomic E-state index is 0.0959. The highest BCUT2D eigenvalue weighted by Gasteiger charge is 2.26. The summed E-state index contributed by atoms with van der Waals surface area (Å²) in [7, 11) is -2.24. The predicted molar refractivity (Wildman–Crippen MR) is 78.9 cm³/mol. The molecular weight excluding hydrogens is 294 g/mol. The van der Waals surface area contributed by atoms with Crippen LogP contribution >= 0.6 is 0 Å². The van der Waals surface area contributed by atoms with Crippen molar-refractivity contribution in [3.8, 4) is 6.07 Å². The Hall–Kier alpha value is -2.11. The minimum Gasteiger partial charge on any atom is -0.385 e. The van der Waals surface area contributed by atoms with Crippen LogP contribution in [0.1, 0.15) is 23.3 Å². The van der Waals surface area contributed by atoms with Crippen molar-refractivity contribution >= 4 is 15.9 Å². The fourth-order valence-corrected chi connectivity index (χ4v) is 2.28. The lowest BCUT2D eigenvalue weighted by Crippen LogP contribution is -2.24. The highest BCUT2D eigenvalue weighted by atomic mass is 32.2. The van der Waals surface area contributed by atoms with Crippen molar-refractivity contribution in [2.24, 2.45) is 0 Å². The number of sulfonamides is 1. The number of H-pyrrole nitrogens is 1. The summed E-state index contributed by atoms with van der Waals surface area (Å²) in [5, 5.41) is 2.68. The van der Waals surface area contributed by atoms with Crippen LogP contribution in [0.25, 0.3) is 4.25 Å². The molecule has 1 amide bonds. The summed E-state index contributed by atoms with van der Waals surface area (Å²) in [6.45, 7) is 4.42. The Labute approximate surface area is 123 Å². The van der Waals surface area contributed by atoms with Crippen LogP contribution in [0.15, 0.2) is 29.8 Å². The number of hydrogen-bond donors (Lipinski definition) is 2. The summed E-state index contributed by atoms with van der Waals surface area (Å²) < 4.78 is 31.6. The SMILES string of the molecule is C=CC#[N+]S(=O)(=O)c1c[nH]c(C(=O)NCCCCOC)c1. The third-order valence-electron chi connectivity index (χ3n) is 2.52. The van der Waals surface area contributed by atoms with E-state index in [2.05, 4.69) is 27.2 Å². The van der Waals surface area contributed by atoms with Gasteiger partial charge < -0.3 is 15.0 Å². The van der Waals surface area contributed by atoms with E-state index in [9.17, 15) is 13.2 Å². The van der Waals surface area contributed by atoms with Crippen molar-refractivity contribution in [1.82, 2.24) is 10.3 Å². The van der Waals surface area contributed by atoms with Gasteiger partial charge in [-0.25, -0.2) is 0 Å². The van der Waals surface area contributed by atoms with Crippen molar-refractivity contribution in [2.45, 2.75) is 17.7 Å². The molecule has 1 rings (SSSR count). The first-order valence-electron chi connectivity index (χ1n) is 6.30. The van der Waals surface area contributed by atoms with Gasteiger partial charge >= 0.3 is 16.1 Å². The standard InChI is InChI=1S/C13H17N3O4S/c1-3-6-16-21(18,19)11-9-12(15-10-11)13(17)14-7-4-5-8-20-2/h3,9-10H,1,4-5,7-8H2,2H3,(H-,14,15,17)/p+1. The number of hydrogen-bond acceptors (Lipinski definition) is 4. The highest BCUT2D eigenvalue weighted by molar-refractivity contribution is 7.93. The van der Waals surface area contributed by atoms with Gasteiger partial charge in [0.05, 0.1) is 10.3 Å². The zero-order chi connectivity index (χ0) is 15.7. The Morgan fingerprint density at radius 3 is 3.00 bits per heavy atom.